The maximum Gasteiger partial charge on any atom is 0.416 e. The maximum absolute atomic E-state index is 12.7. The summed E-state index contributed by atoms with van der Waals surface area (Å²) in [6.45, 7) is 0. The van der Waals surface area contributed by atoms with Crippen LogP contribution in [0.25, 0.3) is 0 Å². The Balaban J connectivity index is 2.23. The van der Waals surface area contributed by atoms with Crippen molar-refractivity contribution in [2.24, 2.45) is 0 Å². The van der Waals surface area contributed by atoms with E-state index >= 15 is 0 Å². The molecule has 0 unspecified atom stereocenters. The lowest BCUT2D eigenvalue weighted by Gasteiger charge is -2.20. The van der Waals surface area contributed by atoms with Crippen molar-refractivity contribution in [3.63, 3.8) is 0 Å². The highest BCUT2D eigenvalue weighted by atomic mass is 19.4. The Morgan fingerprint density at radius 2 is 1.79 bits per heavy atom. The number of carbonyl (C=O) groups is 2. The van der Waals surface area contributed by atoms with Gasteiger partial charge in [-0.05, 0) is 24.3 Å². The highest BCUT2D eigenvalue weighted by Crippen LogP contribution is 2.30. The fourth-order valence-corrected chi connectivity index (χ4v) is 1.92. The van der Waals surface area contributed by atoms with Gasteiger partial charge in [-0.2, -0.15) is 13.2 Å². The van der Waals surface area contributed by atoms with Gasteiger partial charge in [-0.1, -0.05) is 12.1 Å². The second kappa shape index (κ2) is 6.57. The van der Waals surface area contributed by atoms with Gasteiger partial charge in [0.25, 0.3) is 5.91 Å². The van der Waals surface area contributed by atoms with E-state index in [-0.39, 0.29) is 16.9 Å². The van der Waals surface area contributed by atoms with Crippen molar-refractivity contribution in [1.82, 2.24) is 10.4 Å². The number of hydrogen-bond acceptors (Lipinski definition) is 4. The van der Waals surface area contributed by atoms with Gasteiger partial charge in [-0.15, -0.1) is 0 Å². The van der Waals surface area contributed by atoms with Crippen molar-refractivity contribution >= 4 is 17.7 Å². The minimum absolute atomic E-state index is 0.121. The van der Waals surface area contributed by atoms with Gasteiger partial charge in [-0.25, -0.2) is 9.78 Å². The normalized spacial score (nSPS) is 11.0. The molecule has 24 heavy (non-hydrogen) atoms. The van der Waals surface area contributed by atoms with Crippen molar-refractivity contribution < 1.29 is 27.9 Å². The molecule has 2 aromatic rings. The third-order valence-electron chi connectivity index (χ3n) is 3.09. The summed E-state index contributed by atoms with van der Waals surface area (Å²) in [6, 6.07) is 7.05. The predicted molar refractivity (Wildman–Crippen MR) is 78.5 cm³/mol. The van der Waals surface area contributed by atoms with E-state index in [9.17, 15) is 22.8 Å². The van der Waals surface area contributed by atoms with Crippen LogP contribution in [-0.2, 0) is 6.18 Å². The highest BCUT2D eigenvalue weighted by Gasteiger charge is 2.31. The molecule has 1 aromatic heterocycles. The SMILES string of the molecule is CN(NC(=O)c1ccccc1C(=O)O)c1cc(C(F)(F)F)ccn1. The first kappa shape index (κ1) is 17.3. The number of anilines is 1. The Morgan fingerprint density at radius 3 is 2.38 bits per heavy atom. The standard InChI is InChI=1S/C15H12F3N3O3/c1-21(12-8-9(6-7-19-12)15(16,17)18)20-13(22)10-4-2-3-5-11(10)14(23)24/h2-8H,1H3,(H,20,22)(H,23,24). The lowest BCUT2D eigenvalue weighted by atomic mass is 10.1. The summed E-state index contributed by atoms with van der Waals surface area (Å²) >= 11 is 0. The Morgan fingerprint density at radius 1 is 1.17 bits per heavy atom. The summed E-state index contributed by atoms with van der Waals surface area (Å²) in [5.74, 6) is -2.22. The number of aromatic carboxylic acids is 1. The molecular weight excluding hydrogens is 327 g/mol. The summed E-state index contributed by atoms with van der Waals surface area (Å²) in [5.41, 5.74) is 1.03. The minimum atomic E-state index is -4.54. The number of carboxylic acids is 1. The molecule has 0 aliphatic heterocycles. The molecule has 1 aromatic carbocycles. The minimum Gasteiger partial charge on any atom is -0.478 e. The molecule has 6 nitrogen and oxygen atoms in total. The molecule has 2 rings (SSSR count). The molecule has 2 N–H and O–H groups in total. The number of hydrazine groups is 1. The van der Waals surface area contributed by atoms with Gasteiger partial charge in [0, 0.05) is 13.2 Å². The molecule has 126 valence electrons. The van der Waals surface area contributed by atoms with E-state index in [2.05, 4.69) is 10.4 Å². The van der Waals surface area contributed by atoms with Crippen LogP contribution in [0.3, 0.4) is 0 Å². The summed E-state index contributed by atoms with van der Waals surface area (Å²) < 4.78 is 38.1. The Kier molecular flexibility index (Phi) is 4.72. The zero-order valence-corrected chi connectivity index (χ0v) is 12.3. The van der Waals surface area contributed by atoms with Crippen LogP contribution in [-0.4, -0.2) is 29.0 Å². The summed E-state index contributed by atoms with van der Waals surface area (Å²) in [5, 5.41) is 10.0. The number of amides is 1. The average molecular weight is 339 g/mol. The highest BCUT2D eigenvalue weighted by molar-refractivity contribution is 6.05. The van der Waals surface area contributed by atoms with Crippen LogP contribution in [0.15, 0.2) is 42.6 Å². The monoisotopic (exact) mass is 339 g/mol. The van der Waals surface area contributed by atoms with E-state index in [1.54, 1.807) is 0 Å². The van der Waals surface area contributed by atoms with Crippen LogP contribution in [0.4, 0.5) is 19.0 Å². The van der Waals surface area contributed by atoms with Crippen LogP contribution in [0.5, 0.6) is 0 Å². The zero-order chi connectivity index (χ0) is 17.9. The van der Waals surface area contributed by atoms with E-state index in [4.69, 9.17) is 5.11 Å². The van der Waals surface area contributed by atoms with E-state index < -0.39 is 23.6 Å². The Hall–Kier alpha value is -3.10. The largest absolute Gasteiger partial charge is 0.478 e. The number of aromatic nitrogens is 1. The topological polar surface area (TPSA) is 82.5 Å². The fraction of sp³-hybridized carbons (Fsp3) is 0.133. The Bertz CT molecular complexity index is 778. The third kappa shape index (κ3) is 3.80. The molecule has 0 aliphatic carbocycles. The van der Waals surface area contributed by atoms with Crippen LogP contribution in [0.1, 0.15) is 26.3 Å². The van der Waals surface area contributed by atoms with Gasteiger partial charge in [0.15, 0.2) is 0 Å². The molecule has 0 saturated heterocycles. The summed E-state index contributed by atoms with van der Waals surface area (Å²) in [6.07, 6.45) is -3.58. The number of nitrogens with one attached hydrogen (secondary N) is 1. The number of pyridine rings is 1. The van der Waals surface area contributed by atoms with Crippen LogP contribution in [0.2, 0.25) is 0 Å². The second-order valence-electron chi connectivity index (χ2n) is 4.75. The summed E-state index contributed by atoms with van der Waals surface area (Å²) in [4.78, 5) is 27.0. The first-order chi connectivity index (χ1) is 11.2. The van der Waals surface area contributed by atoms with Gasteiger partial charge in [0.2, 0.25) is 0 Å². The lowest BCUT2D eigenvalue weighted by molar-refractivity contribution is -0.137. The van der Waals surface area contributed by atoms with Crippen LogP contribution in [0, 0.1) is 0 Å². The van der Waals surface area contributed by atoms with Gasteiger partial charge in [0.1, 0.15) is 5.82 Å². The lowest BCUT2D eigenvalue weighted by Crippen LogP contribution is -2.40. The van der Waals surface area contributed by atoms with Crippen molar-refractivity contribution in [3.8, 4) is 0 Å². The van der Waals surface area contributed by atoms with Gasteiger partial charge in [-0.3, -0.25) is 15.2 Å². The van der Waals surface area contributed by atoms with E-state index in [0.29, 0.717) is 0 Å². The molecule has 0 spiro atoms. The molecule has 0 atom stereocenters. The predicted octanol–water partition coefficient (Wildman–Crippen LogP) is 2.58. The quantitative estimate of drug-likeness (QED) is 0.837. The first-order valence-corrected chi connectivity index (χ1v) is 6.60. The van der Waals surface area contributed by atoms with Gasteiger partial charge >= 0.3 is 12.1 Å². The summed E-state index contributed by atoms with van der Waals surface area (Å²) in [7, 11) is 1.30. The van der Waals surface area contributed by atoms with Crippen molar-refractivity contribution in [2.75, 3.05) is 12.1 Å². The number of carboxylic acid groups (broad SMARTS) is 1. The third-order valence-corrected chi connectivity index (χ3v) is 3.09. The smallest absolute Gasteiger partial charge is 0.416 e. The molecule has 9 heteroatoms. The maximum atomic E-state index is 12.7. The zero-order valence-electron chi connectivity index (χ0n) is 12.3. The number of rotatable bonds is 4. The van der Waals surface area contributed by atoms with Crippen molar-refractivity contribution in [3.05, 3.63) is 59.3 Å². The fourth-order valence-electron chi connectivity index (χ4n) is 1.92. The van der Waals surface area contributed by atoms with E-state index in [0.717, 1.165) is 23.3 Å². The molecule has 1 amide bonds. The number of benzene rings is 1. The molecule has 0 radical (unpaired) electrons. The van der Waals surface area contributed by atoms with Gasteiger partial charge < -0.3 is 5.11 Å². The van der Waals surface area contributed by atoms with E-state index in [1.165, 1.54) is 31.3 Å². The number of nitrogens with zero attached hydrogens (tertiary/aromatic N) is 2. The van der Waals surface area contributed by atoms with Crippen LogP contribution < -0.4 is 10.4 Å². The van der Waals surface area contributed by atoms with E-state index in [1.807, 2.05) is 0 Å². The average Bonchev–Trinajstić information content (AvgIpc) is 2.54. The first-order valence-electron chi connectivity index (χ1n) is 6.60. The number of alkyl halides is 3. The second-order valence-corrected chi connectivity index (χ2v) is 4.75. The number of carbonyl (C=O) groups excluding carboxylic acids is 1. The van der Waals surface area contributed by atoms with Crippen molar-refractivity contribution in [1.29, 1.82) is 0 Å². The molecule has 0 saturated carbocycles. The molecule has 1 heterocycles. The Labute approximate surface area is 134 Å². The molecule has 0 aliphatic rings. The molecule has 0 fully saturated rings. The number of halogens is 3. The molecule has 0 bridgehead atoms. The van der Waals surface area contributed by atoms with Crippen LogP contribution >= 0.6 is 0 Å². The molecular formula is C15H12F3N3O3. The van der Waals surface area contributed by atoms with Gasteiger partial charge in [0.05, 0.1) is 16.7 Å². The number of hydrogen-bond donors (Lipinski definition) is 2. The van der Waals surface area contributed by atoms with Crippen molar-refractivity contribution in [2.45, 2.75) is 6.18 Å².